The van der Waals surface area contributed by atoms with Gasteiger partial charge in [0.15, 0.2) is 5.84 Å². The first-order valence-corrected chi connectivity index (χ1v) is 10.8. The van der Waals surface area contributed by atoms with Crippen LogP contribution in [0.2, 0.25) is 0 Å². The van der Waals surface area contributed by atoms with Crippen molar-refractivity contribution < 1.29 is 5.11 Å². The van der Waals surface area contributed by atoms with E-state index >= 15 is 0 Å². The molecule has 1 aliphatic rings. The van der Waals surface area contributed by atoms with E-state index in [0.29, 0.717) is 18.4 Å². The van der Waals surface area contributed by atoms with E-state index in [1.165, 1.54) is 0 Å². The Morgan fingerprint density at radius 3 is 2.45 bits per heavy atom. The largest absolute Gasteiger partial charge is 0.508 e. The molecule has 0 aliphatic carbocycles. The van der Waals surface area contributed by atoms with Crippen molar-refractivity contribution >= 4 is 12.6 Å². The van der Waals surface area contributed by atoms with Gasteiger partial charge < -0.3 is 16.2 Å². The molecule has 0 aromatic heterocycles. The summed E-state index contributed by atoms with van der Waals surface area (Å²) in [5.41, 5.74) is 7.67. The minimum Gasteiger partial charge on any atom is -0.508 e. The fraction of sp³-hybridized carbons (Fsp3) is 0.500. The minimum absolute atomic E-state index is 0.195. The molecule has 1 heterocycles. The summed E-state index contributed by atoms with van der Waals surface area (Å²) >= 11 is 0. The molecule has 2 rings (SSSR count). The Morgan fingerprint density at radius 1 is 1.35 bits per heavy atom. The van der Waals surface area contributed by atoms with E-state index in [9.17, 15) is 5.11 Å². The van der Waals surface area contributed by atoms with Gasteiger partial charge in [-0.3, -0.25) is 15.3 Å². The fourth-order valence-corrected chi connectivity index (χ4v) is 2.66. The lowest BCUT2D eigenvalue weighted by Gasteiger charge is -2.21. The Labute approximate surface area is 189 Å². The van der Waals surface area contributed by atoms with Crippen LogP contribution in [0.3, 0.4) is 0 Å². The van der Waals surface area contributed by atoms with Crippen LogP contribution in [0.5, 0.6) is 5.75 Å². The van der Waals surface area contributed by atoms with Crippen LogP contribution >= 0.6 is 0 Å². The van der Waals surface area contributed by atoms with E-state index in [2.05, 4.69) is 61.0 Å². The Kier molecular flexibility index (Phi) is 19.1. The lowest BCUT2D eigenvalue weighted by atomic mass is 10.1. The molecule has 1 atom stereocenters. The van der Waals surface area contributed by atoms with E-state index < -0.39 is 0 Å². The summed E-state index contributed by atoms with van der Waals surface area (Å²) in [6, 6.07) is 5.48. The molecule has 1 unspecified atom stereocenters. The van der Waals surface area contributed by atoms with Gasteiger partial charge in [-0.25, -0.2) is 0 Å². The number of hydrogen-bond acceptors (Lipinski definition) is 6. The third-order valence-corrected chi connectivity index (χ3v) is 3.95. The van der Waals surface area contributed by atoms with E-state index in [4.69, 9.17) is 5.73 Å². The lowest BCUT2D eigenvalue weighted by Crippen LogP contribution is -2.31. The molecule has 1 saturated heterocycles. The Morgan fingerprint density at radius 2 is 2.00 bits per heavy atom. The predicted molar refractivity (Wildman–Crippen MR) is 137 cm³/mol. The summed E-state index contributed by atoms with van der Waals surface area (Å²) in [6.45, 7) is 26.9. The normalized spacial score (nSPS) is 14.8. The molecule has 0 saturated carbocycles. The summed E-state index contributed by atoms with van der Waals surface area (Å²) < 4.78 is 0. The summed E-state index contributed by atoms with van der Waals surface area (Å²) in [7, 11) is 0. The van der Waals surface area contributed by atoms with E-state index in [1.807, 2.05) is 26.8 Å². The number of rotatable bonds is 8. The number of benzene rings is 1. The van der Waals surface area contributed by atoms with Gasteiger partial charge in [-0.05, 0) is 62.8 Å². The maximum atomic E-state index is 9.59. The third kappa shape index (κ3) is 14.1. The molecule has 0 amide bonds. The van der Waals surface area contributed by atoms with Crippen LogP contribution in [0, 0.1) is 12.8 Å². The molecule has 1 fully saturated rings. The first-order valence-electron chi connectivity index (χ1n) is 10.8. The second kappa shape index (κ2) is 19.3. The van der Waals surface area contributed by atoms with Gasteiger partial charge in [0.2, 0.25) is 0 Å². The van der Waals surface area contributed by atoms with Crippen molar-refractivity contribution in [3.8, 4) is 5.75 Å². The van der Waals surface area contributed by atoms with Crippen molar-refractivity contribution in [3.63, 3.8) is 0 Å². The first kappa shape index (κ1) is 30.6. The van der Waals surface area contributed by atoms with Gasteiger partial charge in [0.05, 0.1) is 12.7 Å². The first-order chi connectivity index (χ1) is 14.9. The van der Waals surface area contributed by atoms with E-state index in [-0.39, 0.29) is 11.8 Å². The third-order valence-electron chi connectivity index (χ3n) is 3.95. The zero-order chi connectivity index (χ0) is 24.2. The number of nitrogens with two attached hydrogens (primary N) is 1. The highest BCUT2D eigenvalue weighted by atomic mass is 16.3. The number of phenols is 1. The van der Waals surface area contributed by atoms with Gasteiger partial charge in [-0.2, -0.15) is 5.10 Å². The van der Waals surface area contributed by atoms with Crippen LogP contribution in [0.15, 0.2) is 54.2 Å². The highest BCUT2D eigenvalue weighted by Crippen LogP contribution is 2.16. The van der Waals surface area contributed by atoms with Crippen LogP contribution < -0.4 is 16.4 Å². The summed E-state index contributed by atoms with van der Waals surface area (Å²) in [6.07, 6.45) is 2.70. The van der Waals surface area contributed by atoms with Gasteiger partial charge in [-0.15, -0.1) is 13.2 Å². The van der Waals surface area contributed by atoms with Gasteiger partial charge >= 0.3 is 0 Å². The monoisotopic (exact) mass is 432 g/mol. The number of aliphatic imine (C=N–C) groups is 1. The lowest BCUT2D eigenvalue weighted by molar-refractivity contribution is 0.307. The summed E-state index contributed by atoms with van der Waals surface area (Å²) in [4.78, 5) is 3.65. The highest BCUT2D eigenvalue weighted by molar-refractivity contribution is 5.97. The number of nitrogens with zero attached hydrogens (tertiary/aromatic N) is 3. The Bertz CT molecular complexity index is 619. The molecular formula is C24H44N6O. The van der Waals surface area contributed by atoms with Crippen LogP contribution in [0.4, 0.5) is 0 Å². The molecule has 5 N–H and O–H groups in total. The number of hydrazone groups is 1. The fourth-order valence-electron chi connectivity index (χ4n) is 2.66. The van der Waals surface area contributed by atoms with Gasteiger partial charge in [0.1, 0.15) is 5.75 Å². The van der Waals surface area contributed by atoms with E-state index in [0.717, 1.165) is 37.2 Å². The Hall–Kier alpha value is -2.64. The smallest absolute Gasteiger partial charge is 0.151 e. The molecule has 1 aromatic carbocycles. The second-order valence-electron chi connectivity index (χ2n) is 6.98. The van der Waals surface area contributed by atoms with Crippen LogP contribution in [0.1, 0.15) is 45.2 Å². The second-order valence-corrected chi connectivity index (χ2v) is 6.98. The topological polar surface area (TPSA) is 98.3 Å². The van der Waals surface area contributed by atoms with E-state index in [1.54, 1.807) is 23.3 Å². The quantitative estimate of drug-likeness (QED) is 0.164. The number of aromatic hydroxyl groups is 1. The van der Waals surface area contributed by atoms with Gasteiger partial charge in [0.25, 0.3) is 0 Å². The molecule has 7 heteroatoms. The standard InChI is InChI=1S/C14H20N4O.C6H14N2.C2H6.C2H4/c1-3-18(12-4-5-16-9-12)17-14(15)11-6-10(2)7-13(19)8-11;1-6(2)4-8-5-7-3;2*1-2/h3,6-8,12,16,19H,1,4-5,9H2,2H3,(H2,15,17);6,8H,3-5H2,1-2H3;1-2H3;1-2H2. The van der Waals surface area contributed by atoms with Crippen LogP contribution in [-0.2, 0) is 0 Å². The van der Waals surface area contributed by atoms with Crippen molar-refractivity contribution in [2.75, 3.05) is 26.3 Å². The zero-order valence-corrected chi connectivity index (χ0v) is 20.2. The van der Waals surface area contributed by atoms with Crippen molar-refractivity contribution in [2.24, 2.45) is 21.7 Å². The summed E-state index contributed by atoms with van der Waals surface area (Å²) in [5, 5.41) is 22.1. The molecule has 0 bridgehead atoms. The zero-order valence-electron chi connectivity index (χ0n) is 20.2. The van der Waals surface area contributed by atoms with Crippen LogP contribution in [-0.4, -0.2) is 55.0 Å². The number of phenolic OH excluding ortho intramolecular Hbond substituents is 1. The molecule has 0 spiro atoms. The molecule has 1 aliphatic heterocycles. The Balaban J connectivity index is 0. The minimum atomic E-state index is 0.195. The molecular weight excluding hydrogens is 388 g/mol. The van der Waals surface area contributed by atoms with Gasteiger partial charge in [0, 0.05) is 18.3 Å². The molecule has 176 valence electrons. The average Bonchev–Trinajstić information content (AvgIpc) is 3.29. The molecule has 1 aromatic rings. The maximum Gasteiger partial charge on any atom is 0.151 e. The molecule has 7 nitrogen and oxygen atoms in total. The number of amidine groups is 1. The maximum absolute atomic E-state index is 9.59. The van der Waals surface area contributed by atoms with Crippen molar-refractivity contribution in [1.29, 1.82) is 0 Å². The van der Waals surface area contributed by atoms with Crippen molar-refractivity contribution in [1.82, 2.24) is 15.6 Å². The highest BCUT2D eigenvalue weighted by Gasteiger charge is 2.19. The average molecular weight is 433 g/mol. The van der Waals surface area contributed by atoms with Crippen molar-refractivity contribution in [3.05, 3.63) is 55.3 Å². The number of hydrogen-bond donors (Lipinski definition) is 4. The summed E-state index contributed by atoms with van der Waals surface area (Å²) in [5.74, 6) is 1.28. The SMILES string of the molecule is C=C.C=CN(/N=C(\N)c1cc(C)cc(O)c1)C1CCNC1.C=NCNCC(C)C.CC. The predicted octanol–water partition coefficient (Wildman–Crippen LogP) is 3.85. The van der Waals surface area contributed by atoms with Gasteiger partial charge in [-0.1, -0.05) is 34.3 Å². The van der Waals surface area contributed by atoms with Crippen LogP contribution in [0.25, 0.3) is 0 Å². The van der Waals surface area contributed by atoms with Crippen molar-refractivity contribution in [2.45, 2.75) is 47.1 Å². The molecule has 0 radical (unpaired) electrons. The number of nitrogens with one attached hydrogen (secondary N) is 2. The number of aryl methyl sites for hydroxylation is 1. The molecule has 31 heavy (non-hydrogen) atoms.